The van der Waals surface area contributed by atoms with Gasteiger partial charge in [-0.2, -0.15) is 4.68 Å². The average Bonchev–Trinajstić information content (AvgIpc) is 3.10. The Hall–Kier alpha value is -1.90. The van der Waals surface area contributed by atoms with E-state index in [4.69, 9.17) is 21.7 Å². The van der Waals surface area contributed by atoms with Crippen LogP contribution in [-0.2, 0) is 14.3 Å². The van der Waals surface area contributed by atoms with Gasteiger partial charge in [-0.05, 0) is 41.7 Å². The van der Waals surface area contributed by atoms with Crippen LogP contribution in [0.25, 0.3) is 5.69 Å². The second-order valence-electron chi connectivity index (χ2n) is 5.53. The third kappa shape index (κ3) is 2.11. The van der Waals surface area contributed by atoms with Crippen LogP contribution < -0.4 is 0 Å². The lowest BCUT2D eigenvalue weighted by molar-refractivity contribution is -0.156. The van der Waals surface area contributed by atoms with E-state index in [0.29, 0.717) is 17.8 Å². The van der Waals surface area contributed by atoms with Gasteiger partial charge >= 0.3 is 0 Å². The Morgan fingerprint density at radius 3 is 2.82 bits per heavy atom. The summed E-state index contributed by atoms with van der Waals surface area (Å²) in [4.78, 5) is 11.9. The van der Waals surface area contributed by atoms with E-state index in [1.165, 1.54) is 0 Å². The first-order chi connectivity index (χ1) is 10.6. The molecule has 7 nitrogen and oxygen atoms in total. The van der Waals surface area contributed by atoms with E-state index in [1.54, 1.807) is 9.36 Å². The van der Waals surface area contributed by atoms with Crippen LogP contribution in [0.3, 0.4) is 0 Å². The molecule has 2 bridgehead atoms. The number of benzene rings is 1. The number of carbonyl (C=O) groups is 1. The first-order valence-corrected chi connectivity index (χ1v) is 7.45. The third-order valence-corrected chi connectivity index (χ3v) is 4.37. The summed E-state index contributed by atoms with van der Waals surface area (Å²) in [5.41, 5.74) is 1.99. The van der Waals surface area contributed by atoms with E-state index in [2.05, 4.69) is 10.4 Å². The number of nitrogens with zero attached hydrogens (tertiary/aromatic N) is 4. The number of rotatable bonds is 2. The van der Waals surface area contributed by atoms with Crippen molar-refractivity contribution in [2.75, 3.05) is 6.61 Å². The van der Waals surface area contributed by atoms with Crippen LogP contribution >= 0.6 is 12.2 Å². The van der Waals surface area contributed by atoms with Crippen molar-refractivity contribution in [2.45, 2.75) is 31.8 Å². The number of Topliss-reactive ketones (excluding diaryl/α,β-unsaturated/α-hetero) is 1. The van der Waals surface area contributed by atoms with E-state index in [9.17, 15) is 4.79 Å². The van der Waals surface area contributed by atoms with Crippen LogP contribution in [-0.4, -0.2) is 44.6 Å². The highest BCUT2D eigenvalue weighted by Crippen LogP contribution is 2.32. The molecular weight excluding hydrogens is 304 g/mol. The van der Waals surface area contributed by atoms with Crippen LogP contribution in [0, 0.1) is 11.7 Å². The number of ketones is 1. The Balaban J connectivity index is 1.71. The van der Waals surface area contributed by atoms with Crippen molar-refractivity contribution in [1.82, 2.24) is 19.8 Å². The number of aryl methyl sites for hydroxylation is 1. The molecule has 1 aromatic heterocycles. The van der Waals surface area contributed by atoms with Crippen molar-refractivity contribution in [3.05, 3.63) is 34.6 Å². The maximum atomic E-state index is 11.9. The predicted octanol–water partition coefficient (Wildman–Crippen LogP) is 1.36. The van der Waals surface area contributed by atoms with Gasteiger partial charge in [0, 0.05) is 6.42 Å². The molecule has 2 aromatic rings. The second kappa shape index (κ2) is 5.08. The van der Waals surface area contributed by atoms with Crippen molar-refractivity contribution < 1.29 is 14.3 Å². The van der Waals surface area contributed by atoms with Crippen molar-refractivity contribution in [3.8, 4) is 5.69 Å². The van der Waals surface area contributed by atoms with Gasteiger partial charge in [0.25, 0.3) is 0 Å². The Morgan fingerprint density at radius 1 is 1.27 bits per heavy atom. The monoisotopic (exact) mass is 318 g/mol. The Kier molecular flexibility index (Phi) is 3.17. The molecule has 2 aliphatic heterocycles. The minimum Gasteiger partial charge on any atom is -0.343 e. The Morgan fingerprint density at radius 2 is 2.05 bits per heavy atom. The van der Waals surface area contributed by atoms with E-state index in [0.717, 1.165) is 11.3 Å². The molecule has 0 N–H and O–H groups in total. The standard InChI is InChI=1S/C14H14N4O3S/c1-8-2-4-9(5-3-8)17-14(22)18(16-15-17)10-6-11(19)13-20-7-12(10)21-13/h2-5,10,12-13H,6-7H2,1H3/t10-,12-,13-/m0/s1. The summed E-state index contributed by atoms with van der Waals surface area (Å²) in [6.07, 6.45) is -0.629. The minimum atomic E-state index is -0.720. The smallest absolute Gasteiger partial charge is 0.221 e. The highest BCUT2D eigenvalue weighted by atomic mass is 32.1. The number of hydrogen-bond donors (Lipinski definition) is 0. The van der Waals surface area contributed by atoms with Crippen LogP contribution in [0.1, 0.15) is 18.0 Å². The predicted molar refractivity (Wildman–Crippen MR) is 78.2 cm³/mol. The van der Waals surface area contributed by atoms with Crippen molar-refractivity contribution in [3.63, 3.8) is 0 Å². The van der Waals surface area contributed by atoms with Gasteiger partial charge in [0.1, 0.15) is 6.10 Å². The quantitative estimate of drug-likeness (QED) is 0.779. The third-order valence-electron chi connectivity index (χ3n) is 4.01. The molecule has 3 atom stereocenters. The van der Waals surface area contributed by atoms with Gasteiger partial charge < -0.3 is 9.47 Å². The van der Waals surface area contributed by atoms with Gasteiger partial charge in [0.15, 0.2) is 5.78 Å². The zero-order valence-electron chi connectivity index (χ0n) is 11.9. The summed E-state index contributed by atoms with van der Waals surface area (Å²) >= 11 is 5.47. The molecule has 2 saturated heterocycles. The topological polar surface area (TPSA) is 71.2 Å². The van der Waals surface area contributed by atoms with Gasteiger partial charge in [-0.3, -0.25) is 4.79 Å². The molecule has 22 heavy (non-hydrogen) atoms. The fourth-order valence-electron chi connectivity index (χ4n) is 2.78. The van der Waals surface area contributed by atoms with E-state index < -0.39 is 6.29 Å². The lowest BCUT2D eigenvalue weighted by Crippen LogP contribution is -2.37. The van der Waals surface area contributed by atoms with E-state index in [1.807, 2.05) is 31.2 Å². The van der Waals surface area contributed by atoms with Gasteiger partial charge in [0.2, 0.25) is 11.1 Å². The van der Waals surface area contributed by atoms with E-state index in [-0.39, 0.29) is 17.9 Å². The van der Waals surface area contributed by atoms with Crippen LogP contribution in [0.15, 0.2) is 24.3 Å². The maximum absolute atomic E-state index is 11.9. The Labute approximate surface area is 131 Å². The lowest BCUT2D eigenvalue weighted by Gasteiger charge is -2.25. The van der Waals surface area contributed by atoms with Crippen molar-refractivity contribution in [1.29, 1.82) is 0 Å². The number of tetrazole rings is 1. The highest BCUT2D eigenvalue weighted by Gasteiger charge is 2.45. The molecule has 1 aromatic carbocycles. The minimum absolute atomic E-state index is 0.0782. The van der Waals surface area contributed by atoms with Crippen LogP contribution in [0.5, 0.6) is 0 Å². The molecule has 4 rings (SSSR count). The fraction of sp³-hybridized carbons (Fsp3) is 0.429. The van der Waals surface area contributed by atoms with Crippen molar-refractivity contribution >= 4 is 18.0 Å². The zero-order chi connectivity index (χ0) is 15.3. The number of aromatic nitrogens is 4. The summed E-state index contributed by atoms with van der Waals surface area (Å²) in [5.74, 6) is -0.0782. The number of ether oxygens (including phenoxy) is 2. The molecule has 114 valence electrons. The highest BCUT2D eigenvalue weighted by molar-refractivity contribution is 7.71. The number of fused-ring (bicyclic) bond motifs is 2. The Bertz CT molecular complexity index is 782. The first kappa shape index (κ1) is 13.7. The summed E-state index contributed by atoms with van der Waals surface area (Å²) in [7, 11) is 0. The molecule has 2 aliphatic rings. The van der Waals surface area contributed by atoms with Gasteiger partial charge in [0.05, 0.1) is 18.3 Å². The maximum Gasteiger partial charge on any atom is 0.221 e. The second-order valence-corrected chi connectivity index (χ2v) is 5.90. The van der Waals surface area contributed by atoms with Gasteiger partial charge in [-0.25, -0.2) is 4.68 Å². The molecule has 2 fully saturated rings. The molecule has 0 saturated carbocycles. The molecule has 0 unspecified atom stereocenters. The van der Waals surface area contributed by atoms with Crippen LogP contribution in [0.4, 0.5) is 0 Å². The average molecular weight is 318 g/mol. The fourth-order valence-corrected chi connectivity index (χ4v) is 3.09. The summed E-state index contributed by atoms with van der Waals surface area (Å²) in [5, 5.41) is 8.24. The largest absolute Gasteiger partial charge is 0.343 e. The van der Waals surface area contributed by atoms with Gasteiger partial charge in [-0.1, -0.05) is 17.7 Å². The molecule has 0 amide bonds. The zero-order valence-corrected chi connectivity index (χ0v) is 12.7. The van der Waals surface area contributed by atoms with Gasteiger partial charge in [-0.15, -0.1) is 0 Å². The molecule has 0 radical (unpaired) electrons. The molecule has 0 aliphatic carbocycles. The number of carbonyl (C=O) groups excluding carboxylic acids is 1. The normalized spacial score (nSPS) is 27.3. The molecule has 8 heteroatoms. The SMILES string of the molecule is Cc1ccc(-n2nnn([C@H]3CC(=O)[C@H]4OC[C@@H]3O4)c2=S)cc1. The first-order valence-electron chi connectivity index (χ1n) is 7.05. The summed E-state index contributed by atoms with van der Waals surface area (Å²) in [6, 6.07) is 7.57. The van der Waals surface area contributed by atoms with Crippen LogP contribution in [0.2, 0.25) is 0 Å². The molecule has 0 spiro atoms. The van der Waals surface area contributed by atoms with Crippen molar-refractivity contribution in [2.24, 2.45) is 0 Å². The lowest BCUT2D eigenvalue weighted by atomic mass is 10.0. The summed E-state index contributed by atoms with van der Waals surface area (Å²) in [6.45, 7) is 2.39. The van der Waals surface area contributed by atoms with E-state index >= 15 is 0 Å². The molecule has 3 heterocycles. The number of hydrogen-bond acceptors (Lipinski definition) is 6. The summed E-state index contributed by atoms with van der Waals surface area (Å²) < 4.78 is 14.5. The molecular formula is C14H14N4O3S.